The number of aromatic hydroxyl groups is 1. The van der Waals surface area contributed by atoms with Crippen LogP contribution in [-0.2, 0) is 9.47 Å². The summed E-state index contributed by atoms with van der Waals surface area (Å²) in [6.07, 6.45) is 17.7. The van der Waals surface area contributed by atoms with Gasteiger partial charge in [0.2, 0.25) is 41.1 Å². The highest BCUT2D eigenvalue weighted by atomic mass is 16.5. The molecule has 3 N–H and O–H groups in total. The molecule has 17 nitrogen and oxygen atoms in total. The molecule has 316 valence electrons. The van der Waals surface area contributed by atoms with E-state index in [0.29, 0.717) is 61.2 Å². The number of hydrogen-bond acceptors (Lipinski definition) is 16. The Labute approximate surface area is 353 Å². The molecule has 6 aromatic rings. The highest BCUT2D eigenvalue weighted by molar-refractivity contribution is 5.86. The summed E-state index contributed by atoms with van der Waals surface area (Å²) in [7, 11) is 0. The minimum absolute atomic E-state index is 0.0306. The second-order valence-electron chi connectivity index (χ2n) is 16.2. The highest BCUT2D eigenvalue weighted by Gasteiger charge is 2.29. The molecule has 2 saturated carbocycles. The SMILES string of the molecule is Oc1cc2c(OC3CCC(Nc4ncccn4)CC3)nc(N3CCOCC3)cc2[n+](-c2cnc(NC3CCC(Oc4nc(N5CCOCC5)cc5ncccc45)CC3)nc2)c1. The van der Waals surface area contributed by atoms with E-state index in [1.54, 1.807) is 37.1 Å². The number of pyridine rings is 4. The third kappa shape index (κ3) is 8.98. The molecule has 0 spiro atoms. The molecule has 2 aliphatic heterocycles. The molecule has 0 amide bonds. The first kappa shape index (κ1) is 39.0. The Bertz CT molecular complexity index is 2420. The Morgan fingerprint density at radius 3 is 1.77 bits per heavy atom. The number of nitrogens with one attached hydrogen (secondary N) is 2. The van der Waals surface area contributed by atoms with Crippen LogP contribution in [0.25, 0.3) is 27.5 Å². The molecule has 0 atom stereocenters. The maximum atomic E-state index is 11.1. The monoisotopic (exact) mass is 827 g/mol. The third-order valence-electron chi connectivity index (χ3n) is 12.1. The molecule has 0 unspecified atom stereocenters. The fraction of sp³-hybridized carbons (Fsp3) is 0.455. The van der Waals surface area contributed by atoms with Crippen molar-refractivity contribution in [3.63, 3.8) is 0 Å². The molecule has 61 heavy (non-hydrogen) atoms. The van der Waals surface area contributed by atoms with Gasteiger partial charge in [0.1, 0.15) is 41.6 Å². The van der Waals surface area contributed by atoms with Gasteiger partial charge in [-0.05, 0) is 69.6 Å². The number of hydrogen-bond donors (Lipinski definition) is 3. The first-order chi connectivity index (χ1) is 30.1. The first-order valence-corrected chi connectivity index (χ1v) is 21.5. The third-order valence-corrected chi connectivity index (χ3v) is 12.1. The van der Waals surface area contributed by atoms with Crippen LogP contribution in [0.1, 0.15) is 51.4 Å². The van der Waals surface area contributed by atoms with E-state index in [9.17, 15) is 5.11 Å². The van der Waals surface area contributed by atoms with Crippen LogP contribution in [0.3, 0.4) is 0 Å². The Morgan fingerprint density at radius 2 is 1.16 bits per heavy atom. The van der Waals surface area contributed by atoms with E-state index in [2.05, 4.69) is 35.4 Å². The predicted molar refractivity (Wildman–Crippen MR) is 229 cm³/mol. The number of ether oxygens (including phenoxy) is 4. The van der Waals surface area contributed by atoms with Crippen LogP contribution >= 0.6 is 0 Å². The topological polar surface area (TPSA) is 182 Å². The van der Waals surface area contributed by atoms with Gasteiger partial charge in [0.25, 0.3) is 0 Å². The van der Waals surface area contributed by atoms with Gasteiger partial charge in [-0.15, -0.1) is 0 Å². The van der Waals surface area contributed by atoms with Gasteiger partial charge < -0.3 is 44.5 Å². The van der Waals surface area contributed by atoms with E-state index < -0.39 is 0 Å². The molecule has 17 heteroatoms. The van der Waals surface area contributed by atoms with Gasteiger partial charge in [0.05, 0.1) is 43.4 Å². The summed E-state index contributed by atoms with van der Waals surface area (Å²) < 4.78 is 26.5. The van der Waals surface area contributed by atoms with Crippen molar-refractivity contribution in [2.45, 2.75) is 75.7 Å². The second kappa shape index (κ2) is 17.8. The number of rotatable bonds is 11. The van der Waals surface area contributed by atoms with Crippen molar-refractivity contribution in [2.75, 3.05) is 73.0 Å². The number of morpholine rings is 2. The van der Waals surface area contributed by atoms with Crippen LogP contribution in [0.4, 0.5) is 23.5 Å². The molecule has 4 fully saturated rings. The molecule has 6 aromatic heterocycles. The van der Waals surface area contributed by atoms with Gasteiger partial charge in [0.15, 0.2) is 5.75 Å². The normalized spacial score (nSPS) is 22.2. The van der Waals surface area contributed by atoms with Crippen molar-refractivity contribution in [2.24, 2.45) is 0 Å². The van der Waals surface area contributed by atoms with Crippen molar-refractivity contribution in [1.82, 2.24) is 34.9 Å². The zero-order valence-electron chi connectivity index (χ0n) is 34.1. The number of fused-ring (bicyclic) bond motifs is 2. The average molecular weight is 828 g/mol. The molecule has 0 aromatic carbocycles. The van der Waals surface area contributed by atoms with Crippen molar-refractivity contribution >= 4 is 45.3 Å². The molecule has 2 aliphatic carbocycles. The smallest absolute Gasteiger partial charge is 0.248 e. The second-order valence-corrected chi connectivity index (χ2v) is 16.2. The summed E-state index contributed by atoms with van der Waals surface area (Å²) in [6.45, 7) is 5.65. The van der Waals surface area contributed by atoms with Gasteiger partial charge >= 0.3 is 0 Å². The zero-order valence-corrected chi connectivity index (χ0v) is 34.1. The van der Waals surface area contributed by atoms with Gasteiger partial charge in [0, 0.05) is 69.0 Å². The van der Waals surface area contributed by atoms with Gasteiger partial charge in [-0.2, -0.15) is 14.5 Å². The van der Waals surface area contributed by atoms with Gasteiger partial charge in [-0.3, -0.25) is 4.98 Å². The summed E-state index contributed by atoms with van der Waals surface area (Å²) in [5.74, 6) is 4.09. The fourth-order valence-electron chi connectivity index (χ4n) is 8.79. The minimum Gasteiger partial charge on any atom is -0.503 e. The fourth-order valence-corrected chi connectivity index (χ4v) is 8.79. The summed E-state index contributed by atoms with van der Waals surface area (Å²) in [5.41, 5.74) is 2.42. The van der Waals surface area contributed by atoms with Crippen molar-refractivity contribution in [3.8, 4) is 23.2 Å². The maximum Gasteiger partial charge on any atom is 0.248 e. The lowest BCUT2D eigenvalue weighted by Gasteiger charge is -2.31. The van der Waals surface area contributed by atoms with Crippen LogP contribution in [0.2, 0.25) is 0 Å². The molecule has 4 aliphatic rings. The number of nitrogens with zero attached hydrogens (tertiary/aromatic N) is 10. The lowest BCUT2D eigenvalue weighted by molar-refractivity contribution is -0.568. The molecule has 0 radical (unpaired) electrons. The molecular formula is C44H51N12O5+. The molecule has 2 saturated heterocycles. The van der Waals surface area contributed by atoms with E-state index in [-0.39, 0.29) is 30.0 Å². The van der Waals surface area contributed by atoms with E-state index in [1.807, 2.05) is 41.1 Å². The Kier molecular flexibility index (Phi) is 11.4. The van der Waals surface area contributed by atoms with Crippen LogP contribution < -0.4 is 34.5 Å². The standard InChI is InChI=1S/C44H50N12O5/c57-32-23-36-38(25-40(55-17-21-59-22-18-55)53-42(36)61-34-10-4-29(5-11-34)50-43-46-13-2-14-47-43)56(28-32)31-26-48-44(49-27-31)51-30-6-8-33(9-7-30)60-41-35-3-1-12-45-37(35)24-39(52-41)54-15-19-58-20-16-54/h1-3,12-14,23-30,33-34H,4-11,15-22H2,(H2-,46,47,48,49,50,51,57)/p+1. The molecular weight excluding hydrogens is 777 g/mol. The average Bonchev–Trinajstić information content (AvgIpc) is 3.31. The zero-order chi connectivity index (χ0) is 41.0. The van der Waals surface area contributed by atoms with Gasteiger partial charge in [-0.1, -0.05) is 0 Å². The highest BCUT2D eigenvalue weighted by Crippen LogP contribution is 2.34. The number of aromatic nitrogens is 8. The van der Waals surface area contributed by atoms with E-state index in [1.165, 1.54) is 0 Å². The van der Waals surface area contributed by atoms with Crippen LogP contribution in [0.15, 0.2) is 73.6 Å². The lowest BCUT2D eigenvalue weighted by atomic mass is 9.93. The summed E-state index contributed by atoms with van der Waals surface area (Å²) in [5, 5.41) is 19.7. The Hall–Kier alpha value is -6.20. The number of anilines is 4. The molecule has 0 bridgehead atoms. The Morgan fingerprint density at radius 1 is 0.623 bits per heavy atom. The van der Waals surface area contributed by atoms with Gasteiger partial charge in [-0.25, -0.2) is 19.9 Å². The van der Waals surface area contributed by atoms with Crippen LogP contribution in [0.5, 0.6) is 17.5 Å². The van der Waals surface area contributed by atoms with E-state index >= 15 is 0 Å². The predicted octanol–water partition coefficient (Wildman–Crippen LogP) is 5.02. The maximum absolute atomic E-state index is 11.1. The van der Waals surface area contributed by atoms with Crippen molar-refractivity contribution in [1.29, 1.82) is 0 Å². The molecule has 8 heterocycles. The largest absolute Gasteiger partial charge is 0.503 e. The van der Waals surface area contributed by atoms with Crippen LogP contribution in [-0.4, -0.2) is 117 Å². The summed E-state index contributed by atoms with van der Waals surface area (Å²) in [4.78, 5) is 37.2. The minimum atomic E-state index is -0.0306. The Balaban J connectivity index is 0.825. The first-order valence-electron chi connectivity index (χ1n) is 21.5. The summed E-state index contributed by atoms with van der Waals surface area (Å²) in [6, 6.07) is 12.1. The summed E-state index contributed by atoms with van der Waals surface area (Å²) >= 11 is 0. The van der Waals surface area contributed by atoms with E-state index in [0.717, 1.165) is 106 Å². The van der Waals surface area contributed by atoms with Crippen LogP contribution in [0, 0.1) is 0 Å². The van der Waals surface area contributed by atoms with E-state index in [4.69, 9.17) is 38.9 Å². The lowest BCUT2D eigenvalue weighted by Crippen LogP contribution is -2.38. The van der Waals surface area contributed by atoms with Crippen molar-refractivity contribution in [3.05, 3.63) is 73.6 Å². The molecule has 10 rings (SSSR count). The van der Waals surface area contributed by atoms with Crippen molar-refractivity contribution < 1.29 is 28.6 Å². The quantitative estimate of drug-likeness (QED) is 0.148.